The number of carbonyl (C=O) groups is 2. The summed E-state index contributed by atoms with van der Waals surface area (Å²) in [6.45, 7) is 1.23. The molecule has 1 N–H and O–H groups in total. The number of nitrogens with zero attached hydrogens (tertiary/aromatic N) is 1. The minimum atomic E-state index is -0.0294. The Labute approximate surface area is 172 Å². The number of benzene rings is 1. The third-order valence-electron chi connectivity index (χ3n) is 6.50. The Balaban J connectivity index is 1.37. The van der Waals surface area contributed by atoms with Gasteiger partial charge >= 0.3 is 0 Å². The van der Waals surface area contributed by atoms with E-state index in [-0.39, 0.29) is 23.8 Å². The molecule has 1 saturated heterocycles. The van der Waals surface area contributed by atoms with Gasteiger partial charge in [0, 0.05) is 19.0 Å². The Morgan fingerprint density at radius 3 is 2.34 bits per heavy atom. The molecule has 1 saturated carbocycles. The summed E-state index contributed by atoms with van der Waals surface area (Å²) in [4.78, 5) is 27.4. The van der Waals surface area contributed by atoms with Crippen LogP contribution in [0, 0.1) is 11.8 Å². The monoisotopic (exact) mass is 394 g/mol. The smallest absolute Gasteiger partial charge is 0.257 e. The summed E-state index contributed by atoms with van der Waals surface area (Å²) < 4.78 is 5.02. The molecule has 0 spiro atoms. The van der Waals surface area contributed by atoms with Crippen molar-refractivity contribution in [3.63, 3.8) is 0 Å². The van der Waals surface area contributed by atoms with E-state index in [4.69, 9.17) is 4.42 Å². The highest BCUT2D eigenvalue weighted by atomic mass is 16.3. The molecule has 5 heteroatoms. The highest BCUT2D eigenvalue weighted by molar-refractivity contribution is 5.94. The Kier molecular flexibility index (Phi) is 6.33. The van der Waals surface area contributed by atoms with Gasteiger partial charge in [-0.15, -0.1) is 0 Å². The molecule has 2 amide bonds. The van der Waals surface area contributed by atoms with E-state index >= 15 is 0 Å². The van der Waals surface area contributed by atoms with Gasteiger partial charge in [-0.1, -0.05) is 49.6 Å². The first-order valence-corrected chi connectivity index (χ1v) is 10.9. The van der Waals surface area contributed by atoms with E-state index in [0.717, 1.165) is 0 Å². The number of piperidine rings is 1. The fraction of sp³-hybridized carbons (Fsp3) is 0.500. The topological polar surface area (TPSA) is 62.6 Å². The molecule has 2 heterocycles. The van der Waals surface area contributed by atoms with Gasteiger partial charge in [-0.2, -0.15) is 0 Å². The van der Waals surface area contributed by atoms with Gasteiger partial charge in [0.2, 0.25) is 5.91 Å². The second-order valence-corrected chi connectivity index (χ2v) is 8.37. The summed E-state index contributed by atoms with van der Waals surface area (Å²) in [5.41, 5.74) is 1.79. The van der Waals surface area contributed by atoms with E-state index in [2.05, 4.69) is 29.6 Å². The standard InChI is InChI=1S/C24H30N2O3/c27-23(20-11-14-26(15-12-20)24(28)21-13-16-29-17-21)25-22(18-7-3-1-4-8-18)19-9-5-2-6-10-19/h1,3-4,7-8,13,16-17,19-20,22H,2,5-6,9-12,14-15H2,(H,25,27). The molecular formula is C24H30N2O3. The first-order valence-electron chi connectivity index (χ1n) is 10.9. The van der Waals surface area contributed by atoms with Crippen LogP contribution >= 0.6 is 0 Å². The average Bonchev–Trinajstić information content (AvgIpc) is 3.33. The third kappa shape index (κ3) is 4.72. The summed E-state index contributed by atoms with van der Waals surface area (Å²) in [6, 6.07) is 12.2. The summed E-state index contributed by atoms with van der Waals surface area (Å²) in [5, 5.41) is 3.39. The van der Waals surface area contributed by atoms with E-state index in [1.54, 1.807) is 6.07 Å². The van der Waals surface area contributed by atoms with Crippen molar-refractivity contribution in [1.29, 1.82) is 0 Å². The zero-order valence-corrected chi connectivity index (χ0v) is 16.9. The van der Waals surface area contributed by atoms with E-state index < -0.39 is 0 Å². The van der Waals surface area contributed by atoms with Crippen molar-refractivity contribution >= 4 is 11.8 Å². The lowest BCUT2D eigenvalue weighted by Crippen LogP contribution is -2.44. The number of amides is 2. The van der Waals surface area contributed by atoms with Crippen molar-refractivity contribution < 1.29 is 14.0 Å². The molecule has 1 aromatic heterocycles. The van der Waals surface area contributed by atoms with Crippen LogP contribution in [0.2, 0.25) is 0 Å². The Bertz CT molecular complexity index is 789. The maximum atomic E-state index is 13.1. The molecule has 154 valence electrons. The van der Waals surface area contributed by atoms with E-state index in [1.807, 2.05) is 11.0 Å². The van der Waals surface area contributed by atoms with Crippen LogP contribution in [0.1, 0.15) is 66.9 Å². The number of hydrogen-bond acceptors (Lipinski definition) is 3. The molecule has 0 radical (unpaired) electrons. The summed E-state index contributed by atoms with van der Waals surface area (Å²) >= 11 is 0. The predicted molar refractivity (Wildman–Crippen MR) is 111 cm³/mol. The van der Waals surface area contributed by atoms with Gasteiger partial charge in [0.1, 0.15) is 6.26 Å². The highest BCUT2D eigenvalue weighted by Crippen LogP contribution is 2.35. The number of rotatable bonds is 5. The van der Waals surface area contributed by atoms with Gasteiger partial charge in [0.05, 0.1) is 17.9 Å². The third-order valence-corrected chi connectivity index (χ3v) is 6.50. The molecule has 29 heavy (non-hydrogen) atoms. The maximum absolute atomic E-state index is 13.1. The second kappa shape index (κ2) is 9.29. The van der Waals surface area contributed by atoms with E-state index in [9.17, 15) is 9.59 Å². The summed E-state index contributed by atoms with van der Waals surface area (Å²) in [5.74, 6) is 0.609. The highest BCUT2D eigenvalue weighted by Gasteiger charge is 2.32. The quantitative estimate of drug-likeness (QED) is 0.808. The molecular weight excluding hydrogens is 364 g/mol. The van der Waals surface area contributed by atoms with Gasteiger partial charge < -0.3 is 14.6 Å². The van der Waals surface area contributed by atoms with Crippen LogP contribution in [-0.4, -0.2) is 29.8 Å². The molecule has 1 aliphatic heterocycles. The van der Waals surface area contributed by atoms with Gasteiger partial charge in [-0.05, 0) is 43.2 Å². The second-order valence-electron chi connectivity index (χ2n) is 8.37. The van der Waals surface area contributed by atoms with Crippen molar-refractivity contribution in [2.75, 3.05) is 13.1 Å². The zero-order valence-electron chi connectivity index (χ0n) is 16.9. The van der Waals surface area contributed by atoms with Crippen LogP contribution in [0.4, 0.5) is 0 Å². The molecule has 2 fully saturated rings. The van der Waals surface area contributed by atoms with Crippen molar-refractivity contribution in [3.8, 4) is 0 Å². The molecule has 1 aromatic carbocycles. The average molecular weight is 395 g/mol. The Hall–Kier alpha value is -2.56. The number of nitrogens with one attached hydrogen (secondary N) is 1. The van der Waals surface area contributed by atoms with Crippen LogP contribution in [0.3, 0.4) is 0 Å². The van der Waals surface area contributed by atoms with Crippen molar-refractivity contribution in [2.24, 2.45) is 11.8 Å². The fourth-order valence-corrected chi connectivity index (χ4v) is 4.79. The Morgan fingerprint density at radius 1 is 0.966 bits per heavy atom. The van der Waals surface area contributed by atoms with Crippen molar-refractivity contribution in [1.82, 2.24) is 10.2 Å². The molecule has 4 rings (SSSR count). The molecule has 1 aliphatic carbocycles. The summed E-state index contributed by atoms with van der Waals surface area (Å²) in [7, 11) is 0. The van der Waals surface area contributed by atoms with Crippen LogP contribution in [0.25, 0.3) is 0 Å². The largest absolute Gasteiger partial charge is 0.472 e. The van der Waals surface area contributed by atoms with Crippen LogP contribution in [-0.2, 0) is 4.79 Å². The number of hydrogen-bond donors (Lipinski definition) is 1. The number of likely N-dealkylation sites (tertiary alicyclic amines) is 1. The first kappa shape index (κ1) is 19.7. The van der Waals surface area contributed by atoms with E-state index in [0.29, 0.717) is 37.4 Å². The fourth-order valence-electron chi connectivity index (χ4n) is 4.79. The summed E-state index contributed by atoms with van der Waals surface area (Å²) in [6.07, 6.45) is 10.6. The SMILES string of the molecule is O=C(NC(c1ccccc1)C1CCCCC1)C1CCN(C(=O)c2ccoc2)CC1. The first-order chi connectivity index (χ1) is 14.2. The van der Waals surface area contributed by atoms with Gasteiger partial charge in [0.25, 0.3) is 5.91 Å². The van der Waals surface area contributed by atoms with E-state index in [1.165, 1.54) is 50.2 Å². The lowest BCUT2D eigenvalue weighted by Gasteiger charge is -2.35. The lowest BCUT2D eigenvalue weighted by molar-refractivity contribution is -0.127. The Morgan fingerprint density at radius 2 is 1.69 bits per heavy atom. The predicted octanol–water partition coefficient (Wildman–Crippen LogP) is 4.57. The van der Waals surface area contributed by atoms with Crippen molar-refractivity contribution in [3.05, 3.63) is 60.1 Å². The van der Waals surface area contributed by atoms with Crippen LogP contribution in [0.5, 0.6) is 0 Å². The minimum Gasteiger partial charge on any atom is -0.472 e. The van der Waals surface area contributed by atoms with Crippen molar-refractivity contribution in [2.45, 2.75) is 51.0 Å². The molecule has 2 aliphatic rings. The normalized spacial score (nSPS) is 19.7. The molecule has 0 bridgehead atoms. The molecule has 5 nitrogen and oxygen atoms in total. The molecule has 1 unspecified atom stereocenters. The molecule has 1 atom stereocenters. The number of carbonyl (C=O) groups excluding carboxylic acids is 2. The minimum absolute atomic E-state index is 0.0121. The van der Waals surface area contributed by atoms with Gasteiger partial charge in [-0.25, -0.2) is 0 Å². The lowest BCUT2D eigenvalue weighted by atomic mass is 9.80. The zero-order chi connectivity index (χ0) is 20.1. The van der Waals surface area contributed by atoms with Crippen LogP contribution in [0.15, 0.2) is 53.3 Å². The van der Waals surface area contributed by atoms with Crippen LogP contribution < -0.4 is 5.32 Å². The maximum Gasteiger partial charge on any atom is 0.257 e. The van der Waals surface area contributed by atoms with Gasteiger partial charge in [0.15, 0.2) is 0 Å². The molecule has 2 aromatic rings. The number of furan rings is 1. The van der Waals surface area contributed by atoms with Gasteiger partial charge in [-0.3, -0.25) is 9.59 Å².